The molecular formula is C10H16N2O4. The van der Waals surface area contributed by atoms with Crippen LogP contribution in [-0.2, 0) is 19.1 Å². The van der Waals surface area contributed by atoms with Crippen LogP contribution in [0.2, 0.25) is 0 Å². The molecule has 1 aliphatic rings. The third-order valence-corrected chi connectivity index (χ3v) is 2.41. The van der Waals surface area contributed by atoms with Crippen LogP contribution in [0.4, 0.5) is 0 Å². The Bertz CT molecular complexity index is 301. The molecule has 1 aliphatic heterocycles. The molecule has 0 unspecified atom stereocenters. The number of rotatable bonds is 2. The first-order chi connectivity index (χ1) is 7.58. The number of hydrogen-bond acceptors (Lipinski definition) is 4. The highest BCUT2D eigenvalue weighted by Crippen LogP contribution is 2.01. The van der Waals surface area contributed by atoms with E-state index in [1.54, 1.807) is 13.8 Å². The summed E-state index contributed by atoms with van der Waals surface area (Å²) in [5.74, 6) is -1.36. The van der Waals surface area contributed by atoms with Crippen molar-refractivity contribution in [3.63, 3.8) is 0 Å². The summed E-state index contributed by atoms with van der Waals surface area (Å²) >= 11 is 0. The zero-order chi connectivity index (χ0) is 12.1. The van der Waals surface area contributed by atoms with Crippen LogP contribution in [0.3, 0.4) is 0 Å². The summed E-state index contributed by atoms with van der Waals surface area (Å²) in [5.41, 5.74) is 0. The Kier molecular flexibility index (Phi) is 4.28. The smallest absolute Gasteiger partial charge is 0.329 e. The molecule has 6 heteroatoms. The van der Waals surface area contributed by atoms with Crippen LogP contribution < -0.4 is 10.6 Å². The van der Waals surface area contributed by atoms with Crippen LogP contribution in [0.15, 0.2) is 0 Å². The van der Waals surface area contributed by atoms with Crippen molar-refractivity contribution in [3.8, 4) is 0 Å². The van der Waals surface area contributed by atoms with E-state index in [-0.39, 0.29) is 12.5 Å². The van der Waals surface area contributed by atoms with Gasteiger partial charge >= 0.3 is 5.97 Å². The molecule has 1 saturated heterocycles. The molecule has 0 radical (unpaired) electrons. The lowest BCUT2D eigenvalue weighted by Crippen LogP contribution is -2.49. The maximum absolute atomic E-state index is 11.7. The van der Waals surface area contributed by atoms with E-state index in [0.717, 1.165) is 0 Å². The molecular weight excluding hydrogens is 212 g/mol. The van der Waals surface area contributed by atoms with E-state index in [2.05, 4.69) is 10.6 Å². The number of amides is 2. The lowest BCUT2D eigenvalue weighted by molar-refractivity contribution is -0.150. The number of hydrogen-bond donors (Lipinski definition) is 2. The summed E-state index contributed by atoms with van der Waals surface area (Å²) in [4.78, 5) is 34.4. The first kappa shape index (κ1) is 12.5. The van der Waals surface area contributed by atoms with Crippen LogP contribution in [0.5, 0.6) is 0 Å². The predicted molar refractivity (Wildman–Crippen MR) is 55.4 cm³/mol. The molecule has 0 aromatic carbocycles. The van der Waals surface area contributed by atoms with Gasteiger partial charge in [0, 0.05) is 0 Å². The first-order valence-corrected chi connectivity index (χ1v) is 5.34. The number of nitrogens with one attached hydrogen (secondary N) is 2. The molecule has 0 bridgehead atoms. The van der Waals surface area contributed by atoms with Gasteiger partial charge in [-0.1, -0.05) is 13.8 Å². The van der Waals surface area contributed by atoms with Gasteiger partial charge in [0.2, 0.25) is 5.91 Å². The van der Waals surface area contributed by atoms with Gasteiger partial charge in [-0.3, -0.25) is 9.59 Å². The number of esters is 1. The zero-order valence-electron chi connectivity index (χ0n) is 9.41. The molecule has 90 valence electrons. The number of carbonyl (C=O) groups excluding carboxylic acids is 3. The predicted octanol–water partition coefficient (Wildman–Crippen LogP) is -0.667. The fourth-order valence-electron chi connectivity index (χ4n) is 1.43. The normalized spacial score (nSPS) is 27.0. The highest BCUT2D eigenvalue weighted by Gasteiger charge is 2.28. The minimum Gasteiger partial charge on any atom is -0.454 e. The van der Waals surface area contributed by atoms with Gasteiger partial charge < -0.3 is 15.4 Å². The van der Waals surface area contributed by atoms with Crippen molar-refractivity contribution in [2.24, 2.45) is 0 Å². The minimum atomic E-state index is -0.672. The van der Waals surface area contributed by atoms with Crippen molar-refractivity contribution >= 4 is 17.8 Å². The van der Waals surface area contributed by atoms with Gasteiger partial charge in [-0.05, 0) is 12.8 Å². The molecule has 2 N–H and O–H groups in total. The highest BCUT2D eigenvalue weighted by atomic mass is 16.5. The maximum Gasteiger partial charge on any atom is 0.329 e. The molecule has 0 aromatic heterocycles. The monoisotopic (exact) mass is 228 g/mol. The van der Waals surface area contributed by atoms with E-state index in [1.165, 1.54) is 0 Å². The average molecular weight is 228 g/mol. The molecule has 16 heavy (non-hydrogen) atoms. The van der Waals surface area contributed by atoms with Crippen LogP contribution in [-0.4, -0.2) is 36.5 Å². The lowest BCUT2D eigenvalue weighted by Gasteiger charge is -2.17. The van der Waals surface area contributed by atoms with Gasteiger partial charge in [0.25, 0.3) is 5.91 Å². The maximum atomic E-state index is 11.7. The molecule has 1 heterocycles. The average Bonchev–Trinajstić information content (AvgIpc) is 2.32. The largest absolute Gasteiger partial charge is 0.454 e. The second kappa shape index (κ2) is 5.48. The molecule has 2 amide bonds. The number of carbonyl (C=O) groups is 3. The van der Waals surface area contributed by atoms with E-state index < -0.39 is 24.0 Å². The fourth-order valence-corrected chi connectivity index (χ4v) is 1.43. The van der Waals surface area contributed by atoms with Crippen molar-refractivity contribution < 1.29 is 19.1 Å². The summed E-state index contributed by atoms with van der Waals surface area (Å²) in [6.07, 6.45) is 0.914. The minimum absolute atomic E-state index is 0.333. The van der Waals surface area contributed by atoms with Gasteiger partial charge in [-0.2, -0.15) is 0 Å². The van der Waals surface area contributed by atoms with Crippen LogP contribution in [0.25, 0.3) is 0 Å². The van der Waals surface area contributed by atoms with Gasteiger partial charge in [0.05, 0.1) is 0 Å². The summed E-state index contributed by atoms with van der Waals surface area (Å²) in [6, 6.07) is -1.27. The van der Waals surface area contributed by atoms with E-state index in [1.807, 2.05) is 0 Å². The van der Waals surface area contributed by atoms with Gasteiger partial charge in [0.1, 0.15) is 12.1 Å². The number of ether oxygens (including phenoxy) is 1. The van der Waals surface area contributed by atoms with Crippen LogP contribution in [0, 0.1) is 0 Å². The first-order valence-electron chi connectivity index (χ1n) is 5.34. The second-order valence-electron chi connectivity index (χ2n) is 3.61. The standard InChI is InChI=1S/C10H16N2O4/c1-3-6-9(14)12-7(4-2)10(15)16-5-8(13)11-6/h6-7H,3-5H2,1-2H3,(H,11,13)(H,12,14)/t6-,7-/m0/s1. The molecule has 0 aliphatic carbocycles. The zero-order valence-corrected chi connectivity index (χ0v) is 9.41. The second-order valence-corrected chi connectivity index (χ2v) is 3.61. The van der Waals surface area contributed by atoms with Crippen molar-refractivity contribution in [2.75, 3.05) is 6.61 Å². The summed E-state index contributed by atoms with van der Waals surface area (Å²) < 4.78 is 4.75. The summed E-state index contributed by atoms with van der Waals surface area (Å²) in [7, 11) is 0. The lowest BCUT2D eigenvalue weighted by atomic mass is 10.1. The van der Waals surface area contributed by atoms with Crippen molar-refractivity contribution in [2.45, 2.75) is 38.8 Å². The quantitative estimate of drug-likeness (QED) is 0.614. The van der Waals surface area contributed by atoms with E-state index in [0.29, 0.717) is 12.8 Å². The van der Waals surface area contributed by atoms with E-state index >= 15 is 0 Å². The summed E-state index contributed by atoms with van der Waals surface area (Å²) in [5, 5.41) is 5.05. The van der Waals surface area contributed by atoms with E-state index in [9.17, 15) is 14.4 Å². The van der Waals surface area contributed by atoms with Crippen molar-refractivity contribution in [1.82, 2.24) is 10.6 Å². The van der Waals surface area contributed by atoms with Crippen LogP contribution in [0.1, 0.15) is 26.7 Å². The third kappa shape index (κ3) is 2.95. The Hall–Kier alpha value is -1.59. The third-order valence-electron chi connectivity index (χ3n) is 2.41. The highest BCUT2D eigenvalue weighted by molar-refractivity contribution is 5.93. The number of cyclic esters (lactones) is 1. The molecule has 0 aromatic rings. The molecule has 2 atom stereocenters. The van der Waals surface area contributed by atoms with Crippen LogP contribution >= 0.6 is 0 Å². The van der Waals surface area contributed by atoms with E-state index in [4.69, 9.17) is 4.74 Å². The Balaban J connectivity index is 2.82. The molecule has 6 nitrogen and oxygen atoms in total. The van der Waals surface area contributed by atoms with Gasteiger partial charge in [-0.15, -0.1) is 0 Å². The van der Waals surface area contributed by atoms with Gasteiger partial charge in [-0.25, -0.2) is 4.79 Å². The van der Waals surface area contributed by atoms with Crippen molar-refractivity contribution in [3.05, 3.63) is 0 Å². The Morgan fingerprint density at radius 3 is 2.31 bits per heavy atom. The molecule has 0 saturated carbocycles. The Morgan fingerprint density at radius 2 is 1.75 bits per heavy atom. The summed E-state index contributed by atoms with van der Waals surface area (Å²) in [6.45, 7) is 3.22. The molecule has 0 spiro atoms. The molecule has 1 rings (SSSR count). The topological polar surface area (TPSA) is 84.5 Å². The Labute approximate surface area is 93.7 Å². The fraction of sp³-hybridized carbons (Fsp3) is 0.700. The SMILES string of the molecule is CC[C@@H]1NC(=O)COC(=O)[C@H](CC)NC1=O. The van der Waals surface area contributed by atoms with Crippen molar-refractivity contribution in [1.29, 1.82) is 0 Å². The van der Waals surface area contributed by atoms with Gasteiger partial charge in [0.15, 0.2) is 6.61 Å². The Morgan fingerprint density at radius 1 is 1.12 bits per heavy atom. The molecule has 1 fully saturated rings.